The Morgan fingerprint density at radius 3 is 2.43 bits per heavy atom. The minimum atomic E-state index is -0.816. The Morgan fingerprint density at radius 1 is 1.24 bits per heavy atom. The number of carboxylic acids is 1. The van der Waals surface area contributed by atoms with E-state index in [0.29, 0.717) is 26.2 Å². The fourth-order valence-corrected chi connectivity index (χ4v) is 2.76. The third-order valence-corrected chi connectivity index (χ3v) is 4.30. The molecule has 21 heavy (non-hydrogen) atoms. The molecule has 1 amide bonds. The van der Waals surface area contributed by atoms with Crippen LogP contribution in [-0.2, 0) is 14.3 Å². The molecule has 7 nitrogen and oxygen atoms in total. The highest BCUT2D eigenvalue weighted by Crippen LogP contribution is 2.10. The standard InChI is InChI=1S/C14H25N3O4/c1-11(14(19)20)16-6-8-17(9-7-16)13(18)10-21-12-2-4-15-5-3-12/h11-12,15H,2-10H2,1H3,(H,19,20). The van der Waals surface area contributed by atoms with Crippen molar-refractivity contribution in [2.24, 2.45) is 0 Å². The highest BCUT2D eigenvalue weighted by Gasteiger charge is 2.27. The van der Waals surface area contributed by atoms with E-state index in [-0.39, 0.29) is 18.6 Å². The van der Waals surface area contributed by atoms with Gasteiger partial charge in [0, 0.05) is 26.2 Å². The van der Waals surface area contributed by atoms with Gasteiger partial charge in [-0.15, -0.1) is 0 Å². The van der Waals surface area contributed by atoms with Crippen molar-refractivity contribution in [2.75, 3.05) is 45.9 Å². The van der Waals surface area contributed by atoms with Gasteiger partial charge in [-0.3, -0.25) is 14.5 Å². The summed E-state index contributed by atoms with van der Waals surface area (Å²) >= 11 is 0. The molecule has 2 saturated heterocycles. The fourth-order valence-electron chi connectivity index (χ4n) is 2.76. The van der Waals surface area contributed by atoms with Crippen LogP contribution in [0, 0.1) is 0 Å². The van der Waals surface area contributed by atoms with Crippen LogP contribution in [0.5, 0.6) is 0 Å². The van der Waals surface area contributed by atoms with Crippen LogP contribution >= 0.6 is 0 Å². The molecule has 0 aromatic rings. The zero-order valence-corrected chi connectivity index (χ0v) is 12.6. The van der Waals surface area contributed by atoms with Crippen LogP contribution in [0.1, 0.15) is 19.8 Å². The number of nitrogens with zero attached hydrogens (tertiary/aromatic N) is 2. The van der Waals surface area contributed by atoms with Gasteiger partial charge in [-0.05, 0) is 32.9 Å². The molecule has 0 aromatic heterocycles. The van der Waals surface area contributed by atoms with Crippen molar-refractivity contribution >= 4 is 11.9 Å². The largest absolute Gasteiger partial charge is 0.480 e. The molecule has 120 valence electrons. The Kier molecular flexibility index (Phi) is 5.96. The van der Waals surface area contributed by atoms with Crippen molar-refractivity contribution < 1.29 is 19.4 Å². The molecule has 0 bridgehead atoms. The summed E-state index contributed by atoms with van der Waals surface area (Å²) in [6.45, 7) is 6.07. The molecule has 2 fully saturated rings. The molecular weight excluding hydrogens is 274 g/mol. The lowest BCUT2D eigenvalue weighted by Gasteiger charge is -2.36. The van der Waals surface area contributed by atoms with Gasteiger partial charge in [0.2, 0.25) is 5.91 Å². The zero-order chi connectivity index (χ0) is 15.2. The first-order valence-electron chi connectivity index (χ1n) is 7.65. The van der Waals surface area contributed by atoms with Crippen LogP contribution < -0.4 is 5.32 Å². The first-order valence-corrected chi connectivity index (χ1v) is 7.65. The van der Waals surface area contributed by atoms with Gasteiger partial charge in [-0.1, -0.05) is 0 Å². The Bertz CT molecular complexity index is 363. The monoisotopic (exact) mass is 299 g/mol. The Morgan fingerprint density at radius 2 is 1.86 bits per heavy atom. The van der Waals surface area contributed by atoms with Crippen LogP contribution in [0.3, 0.4) is 0 Å². The summed E-state index contributed by atoms with van der Waals surface area (Å²) in [4.78, 5) is 26.7. The van der Waals surface area contributed by atoms with Crippen molar-refractivity contribution in [3.05, 3.63) is 0 Å². The minimum absolute atomic E-state index is 0.0103. The Labute approximate surface area is 125 Å². The van der Waals surface area contributed by atoms with Crippen LogP contribution in [0.25, 0.3) is 0 Å². The third kappa shape index (κ3) is 4.66. The number of carbonyl (C=O) groups is 2. The highest BCUT2D eigenvalue weighted by atomic mass is 16.5. The number of ether oxygens (including phenoxy) is 1. The van der Waals surface area contributed by atoms with E-state index in [9.17, 15) is 9.59 Å². The van der Waals surface area contributed by atoms with E-state index >= 15 is 0 Å². The van der Waals surface area contributed by atoms with E-state index in [1.807, 2.05) is 4.90 Å². The smallest absolute Gasteiger partial charge is 0.320 e. The molecule has 0 aromatic carbocycles. The lowest BCUT2D eigenvalue weighted by atomic mass is 10.1. The van der Waals surface area contributed by atoms with E-state index in [1.54, 1.807) is 11.8 Å². The van der Waals surface area contributed by atoms with E-state index in [0.717, 1.165) is 25.9 Å². The average molecular weight is 299 g/mol. The second-order valence-corrected chi connectivity index (χ2v) is 5.69. The summed E-state index contributed by atoms with van der Waals surface area (Å²) in [5.41, 5.74) is 0. The van der Waals surface area contributed by atoms with Crippen LogP contribution in [0.15, 0.2) is 0 Å². The SMILES string of the molecule is CC(C(=O)O)N1CCN(C(=O)COC2CCNCC2)CC1. The molecule has 0 radical (unpaired) electrons. The minimum Gasteiger partial charge on any atom is -0.480 e. The van der Waals surface area contributed by atoms with E-state index in [2.05, 4.69) is 5.32 Å². The Balaban J connectivity index is 1.69. The molecular formula is C14H25N3O4. The fraction of sp³-hybridized carbons (Fsp3) is 0.857. The molecule has 0 aliphatic carbocycles. The first kappa shape index (κ1) is 16.2. The number of hydrogen-bond donors (Lipinski definition) is 2. The number of rotatable bonds is 5. The second kappa shape index (κ2) is 7.72. The second-order valence-electron chi connectivity index (χ2n) is 5.69. The van der Waals surface area contributed by atoms with Crippen LogP contribution in [-0.4, -0.2) is 84.8 Å². The van der Waals surface area contributed by atoms with Crippen molar-refractivity contribution in [3.8, 4) is 0 Å². The molecule has 0 saturated carbocycles. The summed E-state index contributed by atoms with van der Waals surface area (Å²) in [6, 6.07) is -0.492. The van der Waals surface area contributed by atoms with Gasteiger partial charge in [0.1, 0.15) is 12.6 Å². The number of amides is 1. The molecule has 1 atom stereocenters. The van der Waals surface area contributed by atoms with Gasteiger partial charge in [0.05, 0.1) is 6.10 Å². The molecule has 7 heteroatoms. The van der Waals surface area contributed by atoms with E-state index in [4.69, 9.17) is 9.84 Å². The number of carboxylic acid groups (broad SMARTS) is 1. The summed E-state index contributed by atoms with van der Waals surface area (Å²) in [7, 11) is 0. The predicted molar refractivity (Wildman–Crippen MR) is 77.1 cm³/mol. The third-order valence-electron chi connectivity index (χ3n) is 4.30. The van der Waals surface area contributed by atoms with Gasteiger partial charge >= 0.3 is 5.97 Å². The molecule has 2 aliphatic rings. The number of aliphatic carboxylic acids is 1. The van der Waals surface area contributed by atoms with Crippen molar-refractivity contribution in [1.82, 2.24) is 15.1 Å². The van der Waals surface area contributed by atoms with Gasteiger partial charge in [0.25, 0.3) is 0 Å². The lowest BCUT2D eigenvalue weighted by Crippen LogP contribution is -2.53. The van der Waals surface area contributed by atoms with Gasteiger partial charge in [0.15, 0.2) is 0 Å². The quantitative estimate of drug-likeness (QED) is 0.703. The van der Waals surface area contributed by atoms with E-state index in [1.165, 1.54) is 0 Å². The van der Waals surface area contributed by atoms with Crippen molar-refractivity contribution in [2.45, 2.75) is 31.9 Å². The molecule has 2 rings (SSSR count). The maximum Gasteiger partial charge on any atom is 0.320 e. The van der Waals surface area contributed by atoms with Gasteiger partial charge in [-0.2, -0.15) is 0 Å². The molecule has 2 heterocycles. The van der Waals surface area contributed by atoms with Crippen LogP contribution in [0.4, 0.5) is 0 Å². The normalized spacial score (nSPS) is 23.0. The van der Waals surface area contributed by atoms with Crippen LogP contribution in [0.2, 0.25) is 0 Å². The number of carbonyl (C=O) groups excluding carboxylic acids is 1. The summed E-state index contributed by atoms with van der Waals surface area (Å²) in [6.07, 6.45) is 2.09. The number of piperazine rings is 1. The Hall–Kier alpha value is -1.18. The van der Waals surface area contributed by atoms with Gasteiger partial charge in [-0.25, -0.2) is 0 Å². The molecule has 0 spiro atoms. The van der Waals surface area contributed by atoms with Crippen molar-refractivity contribution in [3.63, 3.8) is 0 Å². The summed E-state index contributed by atoms with van der Waals surface area (Å²) in [5.74, 6) is -0.805. The molecule has 1 unspecified atom stereocenters. The lowest BCUT2D eigenvalue weighted by molar-refractivity contribution is -0.145. The number of piperidine rings is 1. The number of nitrogens with one attached hydrogen (secondary N) is 1. The maximum atomic E-state index is 12.1. The summed E-state index contributed by atoms with van der Waals surface area (Å²) < 4.78 is 5.67. The van der Waals surface area contributed by atoms with Gasteiger partial charge < -0.3 is 20.1 Å². The predicted octanol–water partition coefficient (Wildman–Crippen LogP) is -0.628. The maximum absolute atomic E-state index is 12.1. The molecule has 2 aliphatic heterocycles. The molecule has 2 N–H and O–H groups in total. The van der Waals surface area contributed by atoms with Crippen molar-refractivity contribution in [1.29, 1.82) is 0 Å². The first-order chi connectivity index (χ1) is 10.1. The summed E-state index contributed by atoms with van der Waals surface area (Å²) in [5, 5.41) is 12.3. The highest BCUT2D eigenvalue weighted by molar-refractivity contribution is 5.77. The average Bonchev–Trinajstić information content (AvgIpc) is 2.53. The zero-order valence-electron chi connectivity index (χ0n) is 12.6. The topological polar surface area (TPSA) is 82.1 Å². The number of hydrogen-bond acceptors (Lipinski definition) is 5. The van der Waals surface area contributed by atoms with E-state index < -0.39 is 12.0 Å².